The summed E-state index contributed by atoms with van der Waals surface area (Å²) in [6.07, 6.45) is 1.12. The lowest BCUT2D eigenvalue weighted by Crippen LogP contribution is -2.29. The molecule has 1 aliphatic rings. The summed E-state index contributed by atoms with van der Waals surface area (Å²) >= 11 is 1.12. The fourth-order valence-corrected chi connectivity index (χ4v) is 6.42. The third-order valence-electron chi connectivity index (χ3n) is 8.68. The van der Waals surface area contributed by atoms with E-state index in [9.17, 15) is 14.7 Å². The maximum atomic E-state index is 13.2. The largest absolute Gasteiger partial charge is 0.489 e. The van der Waals surface area contributed by atoms with Gasteiger partial charge < -0.3 is 19.3 Å². The number of carbonyl (C=O) groups excluding carboxylic acids is 2. The van der Waals surface area contributed by atoms with Gasteiger partial charge in [0.05, 0.1) is 17.3 Å². The van der Waals surface area contributed by atoms with Gasteiger partial charge in [-0.2, -0.15) is 8.75 Å². The van der Waals surface area contributed by atoms with Gasteiger partial charge in [0.1, 0.15) is 42.0 Å². The summed E-state index contributed by atoms with van der Waals surface area (Å²) in [5, 5.41) is 11.8. The Morgan fingerprint density at radius 3 is 1.77 bits per heavy atom. The van der Waals surface area contributed by atoms with Gasteiger partial charge in [0.2, 0.25) is 0 Å². The van der Waals surface area contributed by atoms with E-state index < -0.39 is 11.8 Å². The van der Waals surface area contributed by atoms with Crippen molar-refractivity contribution in [2.24, 2.45) is 0 Å². The van der Waals surface area contributed by atoms with Crippen LogP contribution >= 0.6 is 11.7 Å². The van der Waals surface area contributed by atoms with E-state index in [2.05, 4.69) is 8.75 Å². The predicted molar refractivity (Wildman–Crippen MR) is 204 cm³/mol. The van der Waals surface area contributed by atoms with Gasteiger partial charge in [0.15, 0.2) is 0 Å². The van der Waals surface area contributed by atoms with E-state index in [0.717, 1.165) is 51.7 Å². The SMILES string of the molecule is O=C1OC(O)(c2ccccc2)C(Cc2ccc(OCc3ccccc3)cc2)=C1c1ccc2nsnc2c1.O=Cc1ccc(OCc2ccccc2)cc1. The number of benzene rings is 6. The second kappa shape index (κ2) is 16.3. The van der Waals surface area contributed by atoms with Crippen molar-refractivity contribution in [1.29, 1.82) is 0 Å². The molecule has 1 aliphatic heterocycles. The summed E-state index contributed by atoms with van der Waals surface area (Å²) in [6, 6.07) is 49.1. The summed E-state index contributed by atoms with van der Waals surface area (Å²) < 4.78 is 25.7. The van der Waals surface area contributed by atoms with Crippen LogP contribution in [0.3, 0.4) is 0 Å². The first-order valence-electron chi connectivity index (χ1n) is 16.9. The fraction of sp³-hybridized carbons (Fsp3) is 0.0909. The molecule has 0 spiro atoms. The van der Waals surface area contributed by atoms with E-state index in [-0.39, 0.29) is 0 Å². The minimum Gasteiger partial charge on any atom is -0.489 e. The smallest absolute Gasteiger partial charge is 0.342 e. The molecule has 8 nitrogen and oxygen atoms in total. The van der Waals surface area contributed by atoms with Crippen molar-refractivity contribution >= 4 is 40.6 Å². The van der Waals surface area contributed by atoms with Gasteiger partial charge in [-0.15, -0.1) is 0 Å². The Bertz CT molecular complexity index is 2330. The molecular weight excluding hydrogens is 685 g/mol. The molecule has 0 saturated carbocycles. The van der Waals surface area contributed by atoms with Crippen LogP contribution in [0.2, 0.25) is 0 Å². The second-order valence-electron chi connectivity index (χ2n) is 12.3. The second-order valence-corrected chi connectivity index (χ2v) is 12.8. The zero-order valence-corrected chi connectivity index (χ0v) is 29.3. The molecule has 1 atom stereocenters. The van der Waals surface area contributed by atoms with Crippen LogP contribution in [0.5, 0.6) is 11.5 Å². The van der Waals surface area contributed by atoms with E-state index in [1.165, 1.54) is 0 Å². The number of nitrogens with zero attached hydrogens (tertiary/aromatic N) is 2. The van der Waals surface area contributed by atoms with Gasteiger partial charge in [0.25, 0.3) is 5.79 Å². The van der Waals surface area contributed by atoms with E-state index in [4.69, 9.17) is 14.2 Å². The van der Waals surface area contributed by atoms with Crippen LogP contribution in [-0.4, -0.2) is 26.1 Å². The summed E-state index contributed by atoms with van der Waals surface area (Å²) in [7, 11) is 0. The van der Waals surface area contributed by atoms with Crippen LogP contribution in [0, 0.1) is 0 Å². The van der Waals surface area contributed by atoms with Crippen LogP contribution in [0.4, 0.5) is 0 Å². The van der Waals surface area contributed by atoms with Crippen molar-refractivity contribution in [3.8, 4) is 11.5 Å². The molecule has 0 radical (unpaired) electrons. The molecular formula is C44H34N2O6S. The number of hydrogen-bond acceptors (Lipinski definition) is 9. The maximum Gasteiger partial charge on any atom is 0.342 e. The number of fused-ring (bicyclic) bond motifs is 1. The van der Waals surface area contributed by atoms with E-state index >= 15 is 0 Å². The molecule has 1 N–H and O–H groups in total. The van der Waals surface area contributed by atoms with Gasteiger partial charge in [-0.1, -0.05) is 109 Å². The first-order valence-corrected chi connectivity index (χ1v) is 17.7. The molecule has 0 amide bonds. The molecule has 6 aromatic carbocycles. The van der Waals surface area contributed by atoms with Crippen molar-refractivity contribution in [2.45, 2.75) is 25.4 Å². The Morgan fingerprint density at radius 2 is 1.19 bits per heavy atom. The minimum atomic E-state index is -1.88. The van der Waals surface area contributed by atoms with Crippen molar-refractivity contribution in [3.05, 3.63) is 197 Å². The first kappa shape index (κ1) is 35.0. The quantitative estimate of drug-likeness (QED) is 0.105. The van der Waals surface area contributed by atoms with Crippen LogP contribution < -0.4 is 9.47 Å². The average molecular weight is 719 g/mol. The average Bonchev–Trinajstić information content (AvgIpc) is 3.79. The van der Waals surface area contributed by atoms with Gasteiger partial charge in [-0.05, 0) is 70.8 Å². The standard InChI is InChI=1S/C30H22N2O4S.C14H12O2/c33-29-28(22-13-16-26-27(18-22)32-37-31-26)25(30(34,36-29)23-9-5-2-6-10-23)17-20-11-14-24(15-12-20)35-19-21-7-3-1-4-8-21;15-10-12-6-8-14(9-7-12)16-11-13-4-2-1-3-5-13/h1-16,18,34H,17,19H2;1-10H,11H2. The van der Waals surface area contributed by atoms with E-state index in [1.54, 1.807) is 36.4 Å². The Balaban J connectivity index is 0.000000227. The van der Waals surface area contributed by atoms with E-state index in [1.807, 2.05) is 121 Å². The molecule has 0 bridgehead atoms. The lowest BCUT2D eigenvalue weighted by atomic mass is 9.88. The summed E-state index contributed by atoms with van der Waals surface area (Å²) in [4.78, 5) is 23.7. The highest BCUT2D eigenvalue weighted by Crippen LogP contribution is 2.45. The number of aromatic nitrogens is 2. The van der Waals surface area contributed by atoms with Crippen LogP contribution in [0.15, 0.2) is 163 Å². The Kier molecular flexibility index (Phi) is 10.8. The maximum absolute atomic E-state index is 13.2. The van der Waals surface area contributed by atoms with Crippen molar-refractivity contribution < 1.29 is 28.9 Å². The zero-order chi connectivity index (χ0) is 36.5. The summed E-state index contributed by atoms with van der Waals surface area (Å²) in [5.74, 6) is -0.952. The molecule has 1 aromatic heterocycles. The third kappa shape index (κ3) is 8.39. The summed E-state index contributed by atoms with van der Waals surface area (Å²) in [6.45, 7) is 1.01. The monoisotopic (exact) mass is 718 g/mol. The van der Waals surface area contributed by atoms with Crippen LogP contribution in [0.1, 0.15) is 38.2 Å². The molecule has 9 heteroatoms. The number of rotatable bonds is 11. The van der Waals surface area contributed by atoms with Gasteiger partial charge in [-0.3, -0.25) is 4.79 Å². The highest BCUT2D eigenvalue weighted by atomic mass is 32.1. The number of hydrogen-bond donors (Lipinski definition) is 1. The molecule has 1 unspecified atom stereocenters. The van der Waals surface area contributed by atoms with Crippen molar-refractivity contribution in [1.82, 2.24) is 8.75 Å². The lowest BCUT2D eigenvalue weighted by molar-refractivity contribution is -0.185. The zero-order valence-electron chi connectivity index (χ0n) is 28.5. The number of carbonyl (C=O) groups is 2. The number of cyclic esters (lactones) is 1. The number of aliphatic hydroxyl groups is 1. The predicted octanol–water partition coefficient (Wildman–Crippen LogP) is 8.75. The molecule has 2 heterocycles. The topological polar surface area (TPSA) is 108 Å². The van der Waals surface area contributed by atoms with Crippen molar-refractivity contribution in [2.75, 3.05) is 0 Å². The van der Waals surface area contributed by atoms with Gasteiger partial charge in [0, 0.05) is 23.1 Å². The Morgan fingerprint density at radius 1 is 0.642 bits per heavy atom. The Labute approximate surface area is 310 Å². The van der Waals surface area contributed by atoms with Gasteiger partial charge in [-0.25, -0.2) is 4.79 Å². The van der Waals surface area contributed by atoms with E-state index in [0.29, 0.717) is 53.0 Å². The summed E-state index contributed by atoms with van der Waals surface area (Å²) in [5.41, 5.74) is 7.17. The molecule has 7 aromatic rings. The number of esters is 1. The normalized spacial score (nSPS) is 15.0. The number of ether oxygens (including phenoxy) is 3. The first-order chi connectivity index (χ1) is 26.0. The Hall–Kier alpha value is -6.42. The highest BCUT2D eigenvalue weighted by Gasteiger charge is 2.48. The van der Waals surface area contributed by atoms with Crippen LogP contribution in [0.25, 0.3) is 16.6 Å². The lowest BCUT2D eigenvalue weighted by Gasteiger charge is -2.25. The molecule has 0 saturated heterocycles. The van der Waals surface area contributed by atoms with Crippen molar-refractivity contribution in [3.63, 3.8) is 0 Å². The van der Waals surface area contributed by atoms with Crippen LogP contribution in [-0.2, 0) is 35.0 Å². The fourth-order valence-electron chi connectivity index (χ4n) is 5.91. The van der Waals surface area contributed by atoms with Gasteiger partial charge >= 0.3 is 5.97 Å². The highest BCUT2D eigenvalue weighted by molar-refractivity contribution is 7.00. The third-order valence-corrected chi connectivity index (χ3v) is 9.24. The minimum absolute atomic E-state index is 0.304. The molecule has 262 valence electrons. The number of aldehydes is 1. The molecule has 8 rings (SSSR count). The molecule has 53 heavy (non-hydrogen) atoms. The molecule has 0 fully saturated rings. The molecule has 0 aliphatic carbocycles.